The third-order valence-corrected chi connectivity index (χ3v) is 7.94. The molecular formula is C19H23NO5S2. The number of aryl methyl sites for hydroxylation is 2. The molecule has 0 amide bonds. The van der Waals surface area contributed by atoms with E-state index in [0.717, 1.165) is 11.1 Å². The molecule has 1 unspecified atom stereocenters. The Morgan fingerprint density at radius 2 is 1.41 bits per heavy atom. The van der Waals surface area contributed by atoms with Gasteiger partial charge in [0, 0.05) is 6.54 Å². The minimum atomic E-state index is -3.93. The lowest BCUT2D eigenvalue weighted by molar-refractivity contribution is 0.237. The number of sulfonamides is 1. The Hall–Kier alpha value is -1.74. The summed E-state index contributed by atoms with van der Waals surface area (Å²) in [5, 5.41) is 0. The summed E-state index contributed by atoms with van der Waals surface area (Å²) in [7, 11) is -7.61. The molecule has 2 aromatic rings. The number of nitrogens with zero attached hydrogens (tertiary/aromatic N) is 1. The van der Waals surface area contributed by atoms with Gasteiger partial charge < -0.3 is 0 Å². The lowest BCUT2D eigenvalue weighted by atomic mass is 10.2. The minimum Gasteiger partial charge on any atom is -0.265 e. The quantitative estimate of drug-likeness (QED) is 0.686. The summed E-state index contributed by atoms with van der Waals surface area (Å²) in [6.07, 6.45) is 1.23. The molecule has 0 radical (unpaired) electrons. The van der Waals surface area contributed by atoms with Crippen molar-refractivity contribution in [3.8, 4) is 0 Å². The Morgan fingerprint density at radius 3 is 1.96 bits per heavy atom. The van der Waals surface area contributed by atoms with Crippen molar-refractivity contribution in [2.45, 2.75) is 42.5 Å². The molecule has 3 rings (SSSR count). The van der Waals surface area contributed by atoms with Gasteiger partial charge in [0.25, 0.3) is 10.1 Å². The van der Waals surface area contributed by atoms with E-state index in [2.05, 4.69) is 0 Å². The van der Waals surface area contributed by atoms with Crippen LogP contribution >= 0.6 is 0 Å². The smallest absolute Gasteiger partial charge is 0.265 e. The van der Waals surface area contributed by atoms with E-state index in [-0.39, 0.29) is 16.4 Å². The molecule has 0 spiro atoms. The maximum atomic E-state index is 12.9. The first kappa shape index (κ1) is 20.0. The van der Waals surface area contributed by atoms with Gasteiger partial charge in [-0.2, -0.15) is 12.7 Å². The SMILES string of the molecule is Cc1ccc(S(=O)(=O)OCC2CCCN2S(=O)(=O)c2ccc(C)cc2)cc1. The zero-order valence-electron chi connectivity index (χ0n) is 15.3. The normalized spacial score (nSPS) is 18.7. The predicted molar refractivity (Wildman–Crippen MR) is 102 cm³/mol. The topological polar surface area (TPSA) is 80.8 Å². The van der Waals surface area contributed by atoms with Crippen LogP contribution in [0, 0.1) is 13.8 Å². The Bertz CT molecular complexity index is 997. The van der Waals surface area contributed by atoms with Gasteiger partial charge in [-0.05, 0) is 51.0 Å². The fraction of sp³-hybridized carbons (Fsp3) is 0.368. The van der Waals surface area contributed by atoms with E-state index in [4.69, 9.17) is 4.18 Å². The molecule has 0 N–H and O–H groups in total. The molecule has 1 fully saturated rings. The Morgan fingerprint density at radius 1 is 0.889 bits per heavy atom. The van der Waals surface area contributed by atoms with Crippen molar-refractivity contribution in [2.75, 3.05) is 13.2 Å². The number of benzene rings is 2. The lowest BCUT2D eigenvalue weighted by Gasteiger charge is -2.24. The van der Waals surface area contributed by atoms with Gasteiger partial charge in [-0.15, -0.1) is 0 Å². The molecule has 27 heavy (non-hydrogen) atoms. The first-order chi connectivity index (χ1) is 12.7. The minimum absolute atomic E-state index is 0.0686. The molecule has 0 saturated carbocycles. The van der Waals surface area contributed by atoms with Crippen LogP contribution in [0.5, 0.6) is 0 Å². The van der Waals surface area contributed by atoms with Crippen LogP contribution in [0.4, 0.5) is 0 Å². The van der Waals surface area contributed by atoms with E-state index in [1.165, 1.54) is 16.4 Å². The first-order valence-electron chi connectivity index (χ1n) is 8.75. The maximum absolute atomic E-state index is 12.9. The van der Waals surface area contributed by atoms with E-state index in [0.29, 0.717) is 19.4 Å². The van der Waals surface area contributed by atoms with E-state index in [1.54, 1.807) is 36.4 Å². The highest BCUT2D eigenvalue weighted by atomic mass is 32.2. The zero-order valence-corrected chi connectivity index (χ0v) is 17.0. The highest BCUT2D eigenvalue weighted by Crippen LogP contribution is 2.27. The second-order valence-corrected chi connectivity index (χ2v) is 10.3. The molecule has 1 heterocycles. The average molecular weight is 410 g/mol. The third-order valence-electron chi connectivity index (χ3n) is 4.68. The average Bonchev–Trinajstić information content (AvgIpc) is 3.10. The molecular weight excluding hydrogens is 386 g/mol. The van der Waals surface area contributed by atoms with Crippen LogP contribution in [-0.2, 0) is 24.3 Å². The van der Waals surface area contributed by atoms with Crippen LogP contribution in [-0.4, -0.2) is 40.3 Å². The van der Waals surface area contributed by atoms with Crippen LogP contribution in [0.3, 0.4) is 0 Å². The summed E-state index contributed by atoms with van der Waals surface area (Å²) in [6.45, 7) is 3.92. The molecule has 6 nitrogen and oxygen atoms in total. The summed E-state index contributed by atoms with van der Waals surface area (Å²) >= 11 is 0. The highest BCUT2D eigenvalue weighted by Gasteiger charge is 2.36. The van der Waals surface area contributed by atoms with Gasteiger partial charge >= 0.3 is 0 Å². The number of hydrogen-bond donors (Lipinski definition) is 0. The van der Waals surface area contributed by atoms with Crippen LogP contribution in [0.15, 0.2) is 58.3 Å². The van der Waals surface area contributed by atoms with Crippen molar-refractivity contribution in [1.29, 1.82) is 0 Å². The number of hydrogen-bond acceptors (Lipinski definition) is 5. The summed E-state index contributed by atoms with van der Waals surface area (Å²) in [5.41, 5.74) is 1.92. The van der Waals surface area contributed by atoms with E-state index >= 15 is 0 Å². The van der Waals surface area contributed by atoms with Crippen molar-refractivity contribution in [3.05, 3.63) is 59.7 Å². The lowest BCUT2D eigenvalue weighted by Crippen LogP contribution is -2.38. The summed E-state index contributed by atoms with van der Waals surface area (Å²) in [6, 6.07) is 12.5. The molecule has 0 aromatic heterocycles. The molecule has 146 valence electrons. The second-order valence-electron chi connectivity index (χ2n) is 6.78. The highest BCUT2D eigenvalue weighted by molar-refractivity contribution is 7.89. The summed E-state index contributed by atoms with van der Waals surface area (Å²) < 4.78 is 57.1. The Balaban J connectivity index is 1.75. The van der Waals surface area contributed by atoms with Gasteiger partial charge in [0.15, 0.2) is 0 Å². The van der Waals surface area contributed by atoms with Gasteiger partial charge in [0.05, 0.1) is 22.4 Å². The fourth-order valence-corrected chi connectivity index (χ4v) is 5.70. The van der Waals surface area contributed by atoms with Crippen molar-refractivity contribution in [2.24, 2.45) is 0 Å². The third kappa shape index (κ3) is 4.40. The zero-order chi connectivity index (χ0) is 19.7. The predicted octanol–water partition coefficient (Wildman–Crippen LogP) is 2.86. The van der Waals surface area contributed by atoms with Crippen molar-refractivity contribution in [1.82, 2.24) is 4.31 Å². The van der Waals surface area contributed by atoms with Crippen LogP contribution < -0.4 is 0 Å². The molecule has 1 saturated heterocycles. The molecule has 1 aliphatic rings. The molecule has 1 aliphatic heterocycles. The molecule has 0 aliphatic carbocycles. The van der Waals surface area contributed by atoms with Crippen molar-refractivity contribution in [3.63, 3.8) is 0 Å². The summed E-state index contributed by atoms with van der Waals surface area (Å²) in [5.74, 6) is 0. The molecule has 2 aromatic carbocycles. The summed E-state index contributed by atoms with van der Waals surface area (Å²) in [4.78, 5) is 0.278. The van der Waals surface area contributed by atoms with Gasteiger partial charge in [0.1, 0.15) is 0 Å². The van der Waals surface area contributed by atoms with Gasteiger partial charge in [-0.1, -0.05) is 35.4 Å². The van der Waals surface area contributed by atoms with Crippen molar-refractivity contribution >= 4 is 20.1 Å². The van der Waals surface area contributed by atoms with Crippen LogP contribution in [0.25, 0.3) is 0 Å². The van der Waals surface area contributed by atoms with E-state index in [1.807, 2.05) is 13.8 Å². The van der Waals surface area contributed by atoms with Crippen LogP contribution in [0.1, 0.15) is 24.0 Å². The van der Waals surface area contributed by atoms with Gasteiger partial charge in [-0.3, -0.25) is 4.18 Å². The largest absolute Gasteiger partial charge is 0.297 e. The standard InChI is InChI=1S/C19H23NO5S2/c1-15-5-9-18(10-6-15)26(21,22)20-13-3-4-17(20)14-25-27(23,24)19-11-7-16(2)8-12-19/h5-12,17H,3-4,13-14H2,1-2H3. The van der Waals surface area contributed by atoms with Crippen molar-refractivity contribution < 1.29 is 21.0 Å². The van der Waals surface area contributed by atoms with Crippen LogP contribution in [0.2, 0.25) is 0 Å². The number of rotatable bonds is 6. The maximum Gasteiger partial charge on any atom is 0.297 e. The second kappa shape index (κ2) is 7.71. The van der Waals surface area contributed by atoms with Gasteiger partial charge in [-0.25, -0.2) is 8.42 Å². The molecule has 0 bridgehead atoms. The van der Waals surface area contributed by atoms with E-state index < -0.39 is 26.2 Å². The molecule has 1 atom stereocenters. The first-order valence-corrected chi connectivity index (χ1v) is 11.6. The fourth-order valence-electron chi connectivity index (χ4n) is 3.08. The Kier molecular flexibility index (Phi) is 5.71. The Labute approximate surface area is 161 Å². The monoisotopic (exact) mass is 409 g/mol. The molecule has 8 heteroatoms. The van der Waals surface area contributed by atoms with Gasteiger partial charge in [0.2, 0.25) is 10.0 Å². The van der Waals surface area contributed by atoms with E-state index in [9.17, 15) is 16.8 Å².